The summed E-state index contributed by atoms with van der Waals surface area (Å²) in [5.74, 6) is -0.611. The van der Waals surface area contributed by atoms with Crippen molar-refractivity contribution in [3.63, 3.8) is 0 Å². The first-order valence-electron chi connectivity index (χ1n) is 7.52. The van der Waals surface area contributed by atoms with Crippen molar-refractivity contribution in [2.24, 2.45) is 0 Å². The molecule has 0 saturated carbocycles. The van der Waals surface area contributed by atoms with E-state index in [-0.39, 0.29) is 29.6 Å². The molecule has 0 aliphatic rings. The highest BCUT2D eigenvalue weighted by atomic mass is 35.5. The van der Waals surface area contributed by atoms with E-state index in [1.807, 2.05) is 0 Å². The molecule has 11 heteroatoms. The lowest BCUT2D eigenvalue weighted by Crippen LogP contribution is -2.27. The number of esters is 1. The van der Waals surface area contributed by atoms with E-state index in [1.165, 1.54) is 12.5 Å². The van der Waals surface area contributed by atoms with Crippen molar-refractivity contribution in [3.05, 3.63) is 51.2 Å². The molecule has 3 rings (SSSR count). The molecule has 0 spiro atoms. The number of ether oxygens (including phenoxy) is 1. The zero-order chi connectivity index (χ0) is 18.8. The Bertz CT molecular complexity index is 1060. The predicted octanol–water partition coefficient (Wildman–Crippen LogP) is 0.902. The second kappa shape index (κ2) is 7.34. The summed E-state index contributed by atoms with van der Waals surface area (Å²) in [6, 6.07) is 3.38. The van der Waals surface area contributed by atoms with Crippen LogP contribution in [0, 0.1) is 0 Å². The van der Waals surface area contributed by atoms with Crippen molar-refractivity contribution in [2.45, 2.75) is 18.6 Å². The molecule has 1 atom stereocenters. The van der Waals surface area contributed by atoms with E-state index in [0.717, 1.165) is 10.1 Å². The molecular formula is C15H14ClN5O4S. The number of carbonyl (C=O) groups is 1. The largest absolute Gasteiger partial charge is 0.462 e. The van der Waals surface area contributed by atoms with Gasteiger partial charge in [-0.25, -0.2) is 9.78 Å². The van der Waals surface area contributed by atoms with Gasteiger partial charge in [0.15, 0.2) is 0 Å². The minimum atomic E-state index is -1.49. The second-order valence-corrected chi connectivity index (χ2v) is 6.91. The van der Waals surface area contributed by atoms with Crippen LogP contribution < -0.4 is 5.56 Å². The molecule has 0 aliphatic heterocycles. The van der Waals surface area contributed by atoms with Gasteiger partial charge in [-0.05, 0) is 18.6 Å². The molecule has 0 radical (unpaired) electrons. The minimum absolute atomic E-state index is 0.00825. The zero-order valence-electron chi connectivity index (χ0n) is 13.9. The van der Waals surface area contributed by atoms with Gasteiger partial charge in [0, 0.05) is 18.6 Å². The Balaban J connectivity index is 2.19. The van der Waals surface area contributed by atoms with Crippen LogP contribution in [0.25, 0.3) is 5.78 Å². The molecular weight excluding hydrogens is 382 g/mol. The third kappa shape index (κ3) is 3.51. The maximum Gasteiger partial charge on any atom is 0.345 e. The Hall–Kier alpha value is -2.59. The lowest BCUT2D eigenvalue weighted by Gasteiger charge is -2.10. The standard InChI is InChI=1S/C15H14ClN5O4S/c1-3-25-13(23)10-8-20(7-9-4-5-11(16)17-6-9)15-18-14(26(2)24)19-21(15)12(10)22/h4-6,8H,3,7H2,1-2H3. The van der Waals surface area contributed by atoms with Crippen molar-refractivity contribution in [1.29, 1.82) is 0 Å². The van der Waals surface area contributed by atoms with E-state index in [4.69, 9.17) is 16.3 Å². The highest BCUT2D eigenvalue weighted by molar-refractivity contribution is 7.84. The van der Waals surface area contributed by atoms with Crippen LogP contribution >= 0.6 is 11.6 Å². The van der Waals surface area contributed by atoms with Gasteiger partial charge in [0.05, 0.1) is 24.0 Å². The van der Waals surface area contributed by atoms with Crippen molar-refractivity contribution < 1.29 is 13.7 Å². The normalized spacial score (nSPS) is 12.3. The number of rotatable bonds is 5. The quantitative estimate of drug-likeness (QED) is 0.466. The van der Waals surface area contributed by atoms with Gasteiger partial charge in [0.2, 0.25) is 10.9 Å². The van der Waals surface area contributed by atoms with Crippen LogP contribution in [0.1, 0.15) is 22.8 Å². The van der Waals surface area contributed by atoms with Crippen molar-refractivity contribution in [2.75, 3.05) is 12.9 Å². The molecule has 0 saturated heterocycles. The maximum absolute atomic E-state index is 12.5. The summed E-state index contributed by atoms with van der Waals surface area (Å²) < 4.78 is 19.1. The van der Waals surface area contributed by atoms with E-state index < -0.39 is 22.3 Å². The number of aromatic nitrogens is 5. The number of pyridine rings is 1. The molecule has 3 aromatic rings. The number of hydrogen-bond donors (Lipinski definition) is 0. The van der Waals surface area contributed by atoms with Crippen LogP contribution in [0.4, 0.5) is 0 Å². The summed E-state index contributed by atoms with van der Waals surface area (Å²) in [6.07, 6.45) is 4.32. The molecule has 3 heterocycles. The van der Waals surface area contributed by atoms with E-state index in [0.29, 0.717) is 5.15 Å². The van der Waals surface area contributed by atoms with Gasteiger partial charge in [-0.3, -0.25) is 9.00 Å². The summed E-state index contributed by atoms with van der Waals surface area (Å²) in [4.78, 5) is 32.8. The van der Waals surface area contributed by atoms with Crippen molar-refractivity contribution in [3.8, 4) is 0 Å². The van der Waals surface area contributed by atoms with Crippen molar-refractivity contribution in [1.82, 2.24) is 24.1 Å². The summed E-state index contributed by atoms with van der Waals surface area (Å²) in [5, 5.41) is 4.30. The number of hydrogen-bond acceptors (Lipinski definition) is 7. The average molecular weight is 396 g/mol. The second-order valence-electron chi connectivity index (χ2n) is 5.25. The fourth-order valence-electron chi connectivity index (χ4n) is 2.27. The topological polar surface area (TPSA) is 108 Å². The molecule has 0 N–H and O–H groups in total. The highest BCUT2D eigenvalue weighted by Gasteiger charge is 2.20. The van der Waals surface area contributed by atoms with Crippen LogP contribution in [0.2, 0.25) is 5.15 Å². The molecule has 0 aromatic carbocycles. The third-order valence-corrected chi connectivity index (χ3v) is 4.34. The van der Waals surface area contributed by atoms with E-state index in [1.54, 1.807) is 29.8 Å². The first kappa shape index (κ1) is 18.2. The molecule has 1 unspecified atom stereocenters. The van der Waals surface area contributed by atoms with Crippen LogP contribution in [0.3, 0.4) is 0 Å². The molecule has 0 fully saturated rings. The monoisotopic (exact) mass is 395 g/mol. The number of carbonyl (C=O) groups excluding carboxylic acids is 1. The smallest absolute Gasteiger partial charge is 0.345 e. The summed E-state index contributed by atoms with van der Waals surface area (Å²) >= 11 is 5.79. The lowest BCUT2D eigenvalue weighted by atomic mass is 10.2. The van der Waals surface area contributed by atoms with Gasteiger partial charge in [0.1, 0.15) is 10.7 Å². The Morgan fingerprint density at radius 1 is 1.38 bits per heavy atom. The van der Waals surface area contributed by atoms with Gasteiger partial charge in [0.25, 0.3) is 5.56 Å². The van der Waals surface area contributed by atoms with Crippen LogP contribution in [-0.4, -0.2) is 47.2 Å². The van der Waals surface area contributed by atoms with E-state index >= 15 is 0 Å². The Morgan fingerprint density at radius 2 is 2.15 bits per heavy atom. The number of halogens is 1. The van der Waals surface area contributed by atoms with Gasteiger partial charge in [-0.2, -0.15) is 9.50 Å². The third-order valence-electron chi connectivity index (χ3n) is 3.43. The lowest BCUT2D eigenvalue weighted by molar-refractivity contribution is 0.0522. The summed E-state index contributed by atoms with van der Waals surface area (Å²) in [7, 11) is -1.49. The fraction of sp³-hybridized carbons (Fsp3) is 0.267. The highest BCUT2D eigenvalue weighted by Crippen LogP contribution is 2.11. The Kier molecular flexibility index (Phi) is 5.14. The molecule has 0 amide bonds. The van der Waals surface area contributed by atoms with E-state index in [2.05, 4.69) is 15.1 Å². The van der Waals surface area contributed by atoms with Crippen LogP contribution in [-0.2, 0) is 22.1 Å². The van der Waals surface area contributed by atoms with Gasteiger partial charge in [-0.1, -0.05) is 17.7 Å². The summed E-state index contributed by atoms with van der Waals surface area (Å²) in [5.41, 5.74) is -0.121. The van der Waals surface area contributed by atoms with Gasteiger partial charge < -0.3 is 9.30 Å². The number of fused-ring (bicyclic) bond motifs is 1. The Labute approximate surface area is 155 Å². The van der Waals surface area contributed by atoms with Crippen LogP contribution in [0.5, 0.6) is 0 Å². The average Bonchev–Trinajstić information content (AvgIpc) is 3.06. The minimum Gasteiger partial charge on any atom is -0.462 e. The molecule has 0 aliphatic carbocycles. The van der Waals surface area contributed by atoms with E-state index in [9.17, 15) is 13.8 Å². The summed E-state index contributed by atoms with van der Waals surface area (Å²) in [6.45, 7) is 2.01. The van der Waals surface area contributed by atoms with Gasteiger partial charge >= 0.3 is 5.97 Å². The first-order chi connectivity index (χ1) is 12.4. The zero-order valence-corrected chi connectivity index (χ0v) is 15.5. The Morgan fingerprint density at radius 3 is 2.77 bits per heavy atom. The first-order valence-corrected chi connectivity index (χ1v) is 9.45. The predicted molar refractivity (Wildman–Crippen MR) is 93.9 cm³/mol. The molecule has 0 bridgehead atoms. The fourth-order valence-corrected chi connectivity index (χ4v) is 2.79. The molecule has 26 heavy (non-hydrogen) atoms. The molecule has 9 nitrogen and oxygen atoms in total. The van der Waals surface area contributed by atoms with Gasteiger partial charge in [-0.15, -0.1) is 5.10 Å². The maximum atomic E-state index is 12.5. The molecule has 3 aromatic heterocycles. The molecule has 136 valence electrons. The number of nitrogens with zero attached hydrogens (tertiary/aromatic N) is 5. The van der Waals surface area contributed by atoms with Crippen LogP contribution in [0.15, 0.2) is 34.5 Å². The van der Waals surface area contributed by atoms with Crippen molar-refractivity contribution >= 4 is 34.1 Å². The SMILES string of the molecule is CCOC(=O)c1cn(Cc2ccc(Cl)nc2)c2nc(S(C)=O)nn2c1=O.